The number of carbonyl (C=O) groups is 1. The molecule has 6 nitrogen and oxygen atoms in total. The lowest BCUT2D eigenvalue weighted by atomic mass is 10.1. The highest BCUT2D eigenvalue weighted by Gasteiger charge is 2.12. The van der Waals surface area contributed by atoms with Gasteiger partial charge in [-0.1, -0.05) is 12.1 Å². The number of ether oxygens (including phenoxy) is 1. The van der Waals surface area contributed by atoms with Crippen LogP contribution in [0.4, 0.5) is 11.4 Å². The van der Waals surface area contributed by atoms with Crippen LogP contribution in [-0.2, 0) is 14.8 Å². The van der Waals surface area contributed by atoms with Gasteiger partial charge in [0.25, 0.3) is 5.91 Å². The van der Waals surface area contributed by atoms with Crippen LogP contribution < -0.4 is 14.4 Å². The third-order valence-corrected chi connectivity index (χ3v) is 5.15. The van der Waals surface area contributed by atoms with Gasteiger partial charge in [-0.3, -0.25) is 9.10 Å². The van der Waals surface area contributed by atoms with Crippen LogP contribution in [0.2, 0.25) is 0 Å². The normalized spacial score (nSPS) is 11.0. The number of nitrogens with zero attached hydrogens (tertiary/aromatic N) is 1. The number of aryl methyl sites for hydroxylation is 1. The Balaban J connectivity index is 1.95. The molecule has 2 aromatic rings. The quantitative estimate of drug-likeness (QED) is 0.857. The molecule has 0 saturated carbocycles. The number of amides is 1. The zero-order chi connectivity index (χ0) is 18.6. The Kier molecular flexibility index (Phi) is 5.69. The molecule has 7 heteroatoms. The first-order chi connectivity index (χ1) is 11.7. The van der Waals surface area contributed by atoms with E-state index in [1.165, 1.54) is 11.4 Å². The number of rotatable bonds is 6. The van der Waals surface area contributed by atoms with Crippen molar-refractivity contribution in [2.75, 3.05) is 29.5 Å². The van der Waals surface area contributed by atoms with Crippen LogP contribution in [0.5, 0.6) is 5.75 Å². The highest BCUT2D eigenvalue weighted by Crippen LogP contribution is 2.21. The monoisotopic (exact) mass is 362 g/mol. The topological polar surface area (TPSA) is 75.7 Å². The van der Waals surface area contributed by atoms with E-state index < -0.39 is 10.0 Å². The lowest BCUT2D eigenvalue weighted by Gasteiger charge is -2.17. The molecule has 0 heterocycles. The molecule has 0 fully saturated rings. The molecule has 0 aliphatic carbocycles. The number of hydrogen-bond donors (Lipinski definition) is 1. The van der Waals surface area contributed by atoms with Crippen molar-refractivity contribution in [2.45, 2.75) is 13.8 Å². The van der Waals surface area contributed by atoms with Crippen LogP contribution in [-0.4, -0.2) is 34.2 Å². The Hall–Kier alpha value is -2.54. The van der Waals surface area contributed by atoms with Crippen LogP contribution in [0, 0.1) is 13.8 Å². The van der Waals surface area contributed by atoms with E-state index in [0.717, 1.165) is 23.1 Å². The molecule has 1 amide bonds. The first kappa shape index (κ1) is 18.8. The van der Waals surface area contributed by atoms with Crippen molar-refractivity contribution in [3.05, 3.63) is 53.6 Å². The van der Waals surface area contributed by atoms with E-state index in [1.54, 1.807) is 24.3 Å². The van der Waals surface area contributed by atoms with E-state index in [-0.39, 0.29) is 12.5 Å². The summed E-state index contributed by atoms with van der Waals surface area (Å²) < 4.78 is 29.6. The van der Waals surface area contributed by atoms with Gasteiger partial charge >= 0.3 is 0 Å². The van der Waals surface area contributed by atoms with Crippen molar-refractivity contribution < 1.29 is 17.9 Å². The maximum Gasteiger partial charge on any atom is 0.262 e. The van der Waals surface area contributed by atoms with Crippen molar-refractivity contribution in [3.8, 4) is 5.75 Å². The molecule has 0 radical (unpaired) electrons. The minimum atomic E-state index is -3.31. The summed E-state index contributed by atoms with van der Waals surface area (Å²) in [5.41, 5.74) is 3.40. The molecule has 0 spiro atoms. The summed E-state index contributed by atoms with van der Waals surface area (Å²) in [6.07, 6.45) is 1.13. The number of benzene rings is 2. The largest absolute Gasteiger partial charge is 0.484 e. The van der Waals surface area contributed by atoms with Gasteiger partial charge in [0.2, 0.25) is 10.0 Å². The van der Waals surface area contributed by atoms with Crippen molar-refractivity contribution >= 4 is 27.3 Å². The number of anilines is 2. The maximum absolute atomic E-state index is 12.0. The molecular weight excluding hydrogens is 340 g/mol. The van der Waals surface area contributed by atoms with Crippen LogP contribution in [0.15, 0.2) is 42.5 Å². The van der Waals surface area contributed by atoms with E-state index in [0.29, 0.717) is 11.4 Å². The lowest BCUT2D eigenvalue weighted by molar-refractivity contribution is -0.118. The van der Waals surface area contributed by atoms with Gasteiger partial charge in [0, 0.05) is 12.7 Å². The highest BCUT2D eigenvalue weighted by atomic mass is 32.2. The molecule has 2 rings (SSSR count). The van der Waals surface area contributed by atoms with Gasteiger partial charge in [-0.2, -0.15) is 0 Å². The van der Waals surface area contributed by atoms with Crippen LogP contribution in [0.3, 0.4) is 0 Å². The summed E-state index contributed by atoms with van der Waals surface area (Å²) in [6.45, 7) is 3.80. The van der Waals surface area contributed by atoms with Gasteiger partial charge < -0.3 is 10.1 Å². The Labute approximate surface area is 148 Å². The molecule has 0 unspecified atom stereocenters. The zero-order valence-corrected chi connectivity index (χ0v) is 15.6. The summed E-state index contributed by atoms with van der Waals surface area (Å²) in [6, 6.07) is 12.2. The molecule has 0 aliphatic rings. The van der Waals surface area contributed by atoms with Gasteiger partial charge in [-0.05, 0) is 55.3 Å². The minimum Gasteiger partial charge on any atom is -0.484 e. The molecule has 0 atom stereocenters. The molecule has 2 aromatic carbocycles. The fourth-order valence-electron chi connectivity index (χ4n) is 2.17. The molecule has 25 heavy (non-hydrogen) atoms. The zero-order valence-electron chi connectivity index (χ0n) is 14.7. The molecule has 0 aliphatic heterocycles. The Bertz CT molecular complexity index is 861. The SMILES string of the molecule is Cc1cccc(NC(=O)COc2ccc(N(C)S(C)(=O)=O)cc2)c1C. The molecule has 0 bridgehead atoms. The van der Waals surface area contributed by atoms with Crippen LogP contribution >= 0.6 is 0 Å². The van der Waals surface area contributed by atoms with Gasteiger partial charge in [0.1, 0.15) is 5.75 Å². The second kappa shape index (κ2) is 7.57. The molecule has 1 N–H and O–H groups in total. The molecule has 0 aromatic heterocycles. The van der Waals surface area contributed by atoms with E-state index in [9.17, 15) is 13.2 Å². The first-order valence-electron chi connectivity index (χ1n) is 7.71. The fraction of sp³-hybridized carbons (Fsp3) is 0.278. The summed E-state index contributed by atoms with van der Waals surface area (Å²) in [5.74, 6) is 0.229. The second-order valence-electron chi connectivity index (χ2n) is 5.81. The molecule has 134 valence electrons. The summed E-state index contributed by atoms with van der Waals surface area (Å²) in [7, 11) is -1.83. The average molecular weight is 362 g/mol. The summed E-state index contributed by atoms with van der Waals surface area (Å²) >= 11 is 0. The number of hydrogen-bond acceptors (Lipinski definition) is 4. The van der Waals surface area contributed by atoms with Gasteiger partial charge in [-0.25, -0.2) is 8.42 Å². The predicted octanol–water partition coefficient (Wildman–Crippen LogP) is 2.72. The highest BCUT2D eigenvalue weighted by molar-refractivity contribution is 7.92. The molecule has 0 saturated heterocycles. The van der Waals surface area contributed by atoms with Crippen LogP contribution in [0.25, 0.3) is 0 Å². The van der Waals surface area contributed by atoms with Gasteiger partial charge in [0.15, 0.2) is 6.61 Å². The van der Waals surface area contributed by atoms with Gasteiger partial charge in [-0.15, -0.1) is 0 Å². The van der Waals surface area contributed by atoms with Gasteiger partial charge in [0.05, 0.1) is 11.9 Å². The second-order valence-corrected chi connectivity index (χ2v) is 7.82. The summed E-state index contributed by atoms with van der Waals surface area (Å²) in [4.78, 5) is 12.0. The Morgan fingerprint density at radius 1 is 1.12 bits per heavy atom. The average Bonchev–Trinajstić information content (AvgIpc) is 2.56. The first-order valence-corrected chi connectivity index (χ1v) is 9.56. The third-order valence-electron chi connectivity index (χ3n) is 3.95. The summed E-state index contributed by atoms with van der Waals surface area (Å²) in [5, 5.41) is 2.82. The van der Waals surface area contributed by atoms with Crippen LogP contribution in [0.1, 0.15) is 11.1 Å². The fourth-order valence-corrected chi connectivity index (χ4v) is 2.67. The van der Waals surface area contributed by atoms with E-state index >= 15 is 0 Å². The minimum absolute atomic E-state index is 0.130. The number of nitrogens with one attached hydrogen (secondary N) is 1. The number of sulfonamides is 1. The lowest BCUT2D eigenvalue weighted by Crippen LogP contribution is -2.24. The Morgan fingerprint density at radius 2 is 1.76 bits per heavy atom. The van der Waals surface area contributed by atoms with Crippen molar-refractivity contribution in [2.24, 2.45) is 0 Å². The van der Waals surface area contributed by atoms with E-state index in [2.05, 4.69) is 5.32 Å². The predicted molar refractivity (Wildman–Crippen MR) is 99.7 cm³/mol. The third kappa shape index (κ3) is 4.96. The number of carbonyl (C=O) groups excluding carboxylic acids is 1. The standard InChI is InChI=1S/C18H22N2O4S/c1-13-6-5-7-17(14(13)2)19-18(21)12-24-16-10-8-15(9-11-16)20(3)25(4,22)23/h5-11H,12H2,1-4H3,(H,19,21). The van der Waals surface area contributed by atoms with Crippen molar-refractivity contribution in [1.29, 1.82) is 0 Å². The van der Waals surface area contributed by atoms with E-state index in [4.69, 9.17) is 4.74 Å². The smallest absolute Gasteiger partial charge is 0.262 e. The molecular formula is C18H22N2O4S. The van der Waals surface area contributed by atoms with Crippen molar-refractivity contribution in [3.63, 3.8) is 0 Å². The Morgan fingerprint density at radius 3 is 2.36 bits per heavy atom. The maximum atomic E-state index is 12.0. The van der Waals surface area contributed by atoms with E-state index in [1.807, 2.05) is 32.0 Å². The van der Waals surface area contributed by atoms with Crippen molar-refractivity contribution in [1.82, 2.24) is 0 Å².